The maximum Gasteiger partial charge on any atom is 0.119 e. The topological polar surface area (TPSA) is 33.0 Å². The molecule has 2 heteroatoms. The fraction of sp³-hybridized carbons (Fsp3) is 0.500. The average Bonchev–Trinajstić information content (AvgIpc) is 2.38. The third kappa shape index (κ3) is 3.00. The maximum absolute atomic E-state index is 8.67. The molecular formula is C14H17NO. The van der Waals surface area contributed by atoms with Gasteiger partial charge in [-0.2, -0.15) is 5.26 Å². The van der Waals surface area contributed by atoms with Gasteiger partial charge in [-0.3, -0.25) is 0 Å². The highest BCUT2D eigenvalue weighted by molar-refractivity contribution is 5.34. The molecule has 2 rings (SSSR count). The summed E-state index contributed by atoms with van der Waals surface area (Å²) in [5.74, 6) is 1.61. The highest BCUT2D eigenvalue weighted by atomic mass is 16.5. The Balaban J connectivity index is 1.82. The first kappa shape index (κ1) is 11.0. The second-order valence-electron chi connectivity index (χ2n) is 4.45. The van der Waals surface area contributed by atoms with Crippen LogP contribution in [0.1, 0.15) is 37.7 Å². The van der Waals surface area contributed by atoms with Gasteiger partial charge >= 0.3 is 0 Å². The van der Waals surface area contributed by atoms with Crippen LogP contribution in [0.25, 0.3) is 0 Å². The molecule has 0 aliphatic heterocycles. The summed E-state index contributed by atoms with van der Waals surface area (Å²) < 4.78 is 5.74. The summed E-state index contributed by atoms with van der Waals surface area (Å²) >= 11 is 0. The van der Waals surface area contributed by atoms with Crippen molar-refractivity contribution in [2.45, 2.75) is 32.1 Å². The molecule has 1 aliphatic carbocycles. The summed E-state index contributed by atoms with van der Waals surface area (Å²) in [6.45, 7) is 0.825. The Hall–Kier alpha value is -1.49. The Labute approximate surface area is 96.9 Å². The van der Waals surface area contributed by atoms with Crippen LogP contribution in [0.15, 0.2) is 24.3 Å². The fourth-order valence-electron chi connectivity index (χ4n) is 2.19. The molecule has 1 aromatic carbocycles. The lowest BCUT2D eigenvalue weighted by Crippen LogP contribution is -2.15. The molecule has 0 bridgehead atoms. The molecule has 0 atom stereocenters. The smallest absolute Gasteiger partial charge is 0.119 e. The van der Waals surface area contributed by atoms with E-state index < -0.39 is 0 Å². The predicted molar refractivity (Wildman–Crippen MR) is 63.2 cm³/mol. The largest absolute Gasteiger partial charge is 0.493 e. The van der Waals surface area contributed by atoms with Crippen LogP contribution in [0.5, 0.6) is 5.75 Å². The monoisotopic (exact) mass is 215 g/mol. The quantitative estimate of drug-likeness (QED) is 0.772. The standard InChI is InChI=1S/C14H17NO/c15-10-12-6-8-14(9-7-12)16-11-13-4-2-1-3-5-13/h6-9,13H,1-5,11H2. The number of hydrogen-bond donors (Lipinski definition) is 0. The number of nitrogens with zero attached hydrogens (tertiary/aromatic N) is 1. The minimum absolute atomic E-state index is 0.685. The molecule has 1 aliphatic rings. The van der Waals surface area contributed by atoms with E-state index in [0.717, 1.165) is 18.3 Å². The predicted octanol–water partition coefficient (Wildman–Crippen LogP) is 3.52. The molecule has 0 saturated heterocycles. The van der Waals surface area contributed by atoms with Crippen LogP contribution in [0.4, 0.5) is 0 Å². The first-order chi connectivity index (χ1) is 7.88. The summed E-state index contributed by atoms with van der Waals surface area (Å²) in [4.78, 5) is 0. The van der Waals surface area contributed by atoms with E-state index in [9.17, 15) is 0 Å². The van der Waals surface area contributed by atoms with Crippen LogP contribution in [-0.4, -0.2) is 6.61 Å². The van der Waals surface area contributed by atoms with Gasteiger partial charge in [-0.25, -0.2) is 0 Å². The second-order valence-corrected chi connectivity index (χ2v) is 4.45. The summed E-state index contributed by atoms with van der Waals surface area (Å²) in [6, 6.07) is 9.46. The van der Waals surface area contributed by atoms with Gasteiger partial charge in [0, 0.05) is 0 Å². The van der Waals surface area contributed by atoms with Gasteiger partial charge in [-0.1, -0.05) is 19.3 Å². The molecule has 0 unspecified atom stereocenters. The van der Waals surface area contributed by atoms with Crippen LogP contribution >= 0.6 is 0 Å². The molecule has 1 saturated carbocycles. The van der Waals surface area contributed by atoms with Gasteiger partial charge in [0.25, 0.3) is 0 Å². The van der Waals surface area contributed by atoms with Crippen LogP contribution in [-0.2, 0) is 0 Å². The Morgan fingerprint density at radius 2 is 1.81 bits per heavy atom. The van der Waals surface area contributed by atoms with Gasteiger partial charge in [0.05, 0.1) is 18.2 Å². The van der Waals surface area contributed by atoms with E-state index in [0.29, 0.717) is 5.56 Å². The Morgan fingerprint density at radius 1 is 1.12 bits per heavy atom. The summed E-state index contributed by atoms with van der Waals surface area (Å²) in [6.07, 6.45) is 6.68. The summed E-state index contributed by atoms with van der Waals surface area (Å²) in [5, 5.41) is 8.67. The van der Waals surface area contributed by atoms with Crippen molar-refractivity contribution in [1.29, 1.82) is 5.26 Å². The SMILES string of the molecule is N#Cc1ccc(OCC2CCCCC2)cc1. The highest BCUT2D eigenvalue weighted by Gasteiger charge is 2.13. The maximum atomic E-state index is 8.67. The molecule has 0 amide bonds. The van der Waals surface area contributed by atoms with Gasteiger partial charge in [-0.05, 0) is 43.0 Å². The van der Waals surface area contributed by atoms with Crippen molar-refractivity contribution in [3.05, 3.63) is 29.8 Å². The van der Waals surface area contributed by atoms with E-state index in [2.05, 4.69) is 6.07 Å². The Kier molecular flexibility index (Phi) is 3.82. The molecule has 84 valence electrons. The van der Waals surface area contributed by atoms with Crippen molar-refractivity contribution < 1.29 is 4.74 Å². The van der Waals surface area contributed by atoms with Crippen molar-refractivity contribution >= 4 is 0 Å². The van der Waals surface area contributed by atoms with Crippen LogP contribution in [0.2, 0.25) is 0 Å². The minimum atomic E-state index is 0.685. The lowest BCUT2D eigenvalue weighted by molar-refractivity contribution is 0.209. The van der Waals surface area contributed by atoms with E-state index in [1.54, 1.807) is 12.1 Å². The lowest BCUT2D eigenvalue weighted by atomic mass is 9.90. The molecule has 0 spiro atoms. The zero-order valence-corrected chi connectivity index (χ0v) is 9.48. The summed E-state index contributed by atoms with van der Waals surface area (Å²) in [5.41, 5.74) is 0.685. The second kappa shape index (κ2) is 5.55. The molecule has 2 nitrogen and oxygen atoms in total. The third-order valence-corrected chi connectivity index (χ3v) is 3.19. The fourth-order valence-corrected chi connectivity index (χ4v) is 2.19. The van der Waals surface area contributed by atoms with Crippen LogP contribution < -0.4 is 4.74 Å². The van der Waals surface area contributed by atoms with Crippen LogP contribution in [0.3, 0.4) is 0 Å². The number of nitriles is 1. The van der Waals surface area contributed by atoms with E-state index in [-0.39, 0.29) is 0 Å². The highest BCUT2D eigenvalue weighted by Crippen LogP contribution is 2.24. The third-order valence-electron chi connectivity index (χ3n) is 3.19. The molecule has 16 heavy (non-hydrogen) atoms. The van der Waals surface area contributed by atoms with Crippen LogP contribution in [0, 0.1) is 17.2 Å². The number of benzene rings is 1. The van der Waals surface area contributed by atoms with Crippen molar-refractivity contribution in [2.24, 2.45) is 5.92 Å². The van der Waals surface area contributed by atoms with E-state index in [4.69, 9.17) is 10.00 Å². The van der Waals surface area contributed by atoms with Gasteiger partial charge < -0.3 is 4.74 Å². The van der Waals surface area contributed by atoms with Gasteiger partial charge in [-0.15, -0.1) is 0 Å². The van der Waals surface area contributed by atoms with Gasteiger partial charge in [0.15, 0.2) is 0 Å². The molecule has 1 aromatic rings. The molecular weight excluding hydrogens is 198 g/mol. The number of hydrogen-bond acceptors (Lipinski definition) is 2. The van der Waals surface area contributed by atoms with Crippen molar-refractivity contribution in [3.8, 4) is 11.8 Å². The van der Waals surface area contributed by atoms with E-state index >= 15 is 0 Å². The Morgan fingerprint density at radius 3 is 2.44 bits per heavy atom. The minimum Gasteiger partial charge on any atom is -0.493 e. The van der Waals surface area contributed by atoms with E-state index in [1.807, 2.05) is 12.1 Å². The van der Waals surface area contributed by atoms with Gasteiger partial charge in [0.1, 0.15) is 5.75 Å². The Bertz CT molecular complexity index is 357. The van der Waals surface area contributed by atoms with E-state index in [1.165, 1.54) is 32.1 Å². The zero-order valence-electron chi connectivity index (χ0n) is 9.48. The molecule has 0 heterocycles. The van der Waals surface area contributed by atoms with Crippen molar-refractivity contribution in [3.63, 3.8) is 0 Å². The average molecular weight is 215 g/mol. The molecule has 1 fully saturated rings. The molecule has 0 radical (unpaired) electrons. The zero-order chi connectivity index (χ0) is 11.2. The molecule has 0 aromatic heterocycles. The first-order valence-electron chi connectivity index (χ1n) is 6.01. The normalized spacial score (nSPS) is 16.7. The van der Waals surface area contributed by atoms with Crippen molar-refractivity contribution in [2.75, 3.05) is 6.61 Å². The number of rotatable bonds is 3. The summed E-state index contributed by atoms with van der Waals surface area (Å²) in [7, 11) is 0. The number of ether oxygens (including phenoxy) is 1. The van der Waals surface area contributed by atoms with Crippen molar-refractivity contribution in [1.82, 2.24) is 0 Å². The first-order valence-corrected chi connectivity index (χ1v) is 6.01. The van der Waals surface area contributed by atoms with Gasteiger partial charge in [0.2, 0.25) is 0 Å². The molecule has 0 N–H and O–H groups in total. The lowest BCUT2D eigenvalue weighted by Gasteiger charge is -2.21.